The highest BCUT2D eigenvalue weighted by atomic mass is 19.1. The molecular formula is C16H22FNO3. The number of rotatable bonds is 7. The molecule has 0 aliphatic heterocycles. The lowest BCUT2D eigenvalue weighted by atomic mass is 9.93. The van der Waals surface area contributed by atoms with Crippen molar-refractivity contribution in [2.75, 3.05) is 6.54 Å². The van der Waals surface area contributed by atoms with Gasteiger partial charge in [0, 0.05) is 13.0 Å². The van der Waals surface area contributed by atoms with Crippen LogP contribution in [0.1, 0.15) is 32.8 Å². The quantitative estimate of drug-likeness (QED) is 0.812. The number of nitrogens with one attached hydrogen (secondary N) is 1. The van der Waals surface area contributed by atoms with Crippen molar-refractivity contribution in [2.45, 2.75) is 33.6 Å². The van der Waals surface area contributed by atoms with Crippen molar-refractivity contribution < 1.29 is 19.1 Å². The lowest BCUT2D eigenvalue weighted by molar-refractivity contribution is -0.146. The van der Waals surface area contributed by atoms with Crippen LogP contribution in [0.25, 0.3) is 0 Å². The molecule has 0 saturated carbocycles. The van der Waals surface area contributed by atoms with Gasteiger partial charge in [-0.05, 0) is 43.9 Å². The van der Waals surface area contributed by atoms with E-state index in [9.17, 15) is 14.0 Å². The van der Waals surface area contributed by atoms with Gasteiger partial charge in [0.05, 0.1) is 5.41 Å². The number of carbonyl (C=O) groups is 2. The number of carbonyl (C=O) groups excluding carboxylic acids is 1. The van der Waals surface area contributed by atoms with Crippen molar-refractivity contribution in [1.29, 1.82) is 0 Å². The molecule has 0 radical (unpaired) electrons. The van der Waals surface area contributed by atoms with Crippen molar-refractivity contribution in [3.8, 4) is 0 Å². The van der Waals surface area contributed by atoms with E-state index < -0.39 is 11.4 Å². The van der Waals surface area contributed by atoms with Crippen LogP contribution < -0.4 is 5.32 Å². The maximum atomic E-state index is 13.1. The van der Waals surface area contributed by atoms with Crippen molar-refractivity contribution in [2.24, 2.45) is 11.3 Å². The van der Waals surface area contributed by atoms with E-state index in [1.165, 1.54) is 12.1 Å². The van der Waals surface area contributed by atoms with E-state index in [1.807, 2.05) is 13.0 Å². The topological polar surface area (TPSA) is 66.4 Å². The highest BCUT2D eigenvalue weighted by molar-refractivity contribution is 5.78. The number of carboxylic acids is 1. The minimum atomic E-state index is -0.985. The fourth-order valence-corrected chi connectivity index (χ4v) is 1.92. The first kappa shape index (κ1) is 17.1. The summed E-state index contributed by atoms with van der Waals surface area (Å²) in [5.74, 6) is -1.36. The van der Waals surface area contributed by atoms with E-state index in [1.54, 1.807) is 19.9 Å². The predicted octanol–water partition coefficient (Wildman–Crippen LogP) is 2.62. The zero-order valence-corrected chi connectivity index (χ0v) is 12.6. The van der Waals surface area contributed by atoms with Crippen LogP contribution in [0.3, 0.4) is 0 Å². The number of benzene rings is 1. The largest absolute Gasteiger partial charge is 0.481 e. The number of carboxylic acid groups (broad SMARTS) is 1. The summed E-state index contributed by atoms with van der Waals surface area (Å²) >= 11 is 0. The maximum absolute atomic E-state index is 13.1. The third-order valence-corrected chi connectivity index (χ3v) is 3.31. The Morgan fingerprint density at radius 2 is 2.05 bits per heavy atom. The summed E-state index contributed by atoms with van der Waals surface area (Å²) in [7, 11) is 0. The summed E-state index contributed by atoms with van der Waals surface area (Å²) in [5, 5.41) is 11.6. The SMILES string of the molecule is CC(CC(=O)NCC(C)(C)C(=O)O)Cc1cccc(F)c1. The Kier molecular flexibility index (Phi) is 5.88. The molecule has 1 unspecified atom stereocenters. The molecule has 0 aliphatic rings. The monoisotopic (exact) mass is 295 g/mol. The minimum absolute atomic E-state index is 0.0553. The molecule has 1 atom stereocenters. The van der Waals surface area contributed by atoms with Gasteiger partial charge in [-0.25, -0.2) is 4.39 Å². The summed E-state index contributed by atoms with van der Waals surface area (Å²) in [6.45, 7) is 5.12. The van der Waals surface area contributed by atoms with E-state index >= 15 is 0 Å². The molecule has 0 aliphatic carbocycles. The molecule has 0 heterocycles. The molecule has 1 rings (SSSR count). The molecule has 0 saturated heterocycles. The van der Waals surface area contributed by atoms with E-state index in [2.05, 4.69) is 5.32 Å². The molecule has 116 valence electrons. The van der Waals surface area contributed by atoms with Gasteiger partial charge in [0.2, 0.25) is 5.91 Å². The number of halogens is 1. The third-order valence-electron chi connectivity index (χ3n) is 3.31. The average Bonchev–Trinajstić information content (AvgIpc) is 2.36. The van der Waals surface area contributed by atoms with Crippen molar-refractivity contribution in [3.63, 3.8) is 0 Å². The fourth-order valence-electron chi connectivity index (χ4n) is 1.92. The molecule has 21 heavy (non-hydrogen) atoms. The van der Waals surface area contributed by atoms with Gasteiger partial charge in [0.15, 0.2) is 0 Å². The summed E-state index contributed by atoms with van der Waals surface area (Å²) in [6.07, 6.45) is 0.889. The van der Waals surface area contributed by atoms with Crippen LogP contribution >= 0.6 is 0 Å². The summed E-state index contributed by atoms with van der Waals surface area (Å²) in [4.78, 5) is 22.7. The second kappa shape index (κ2) is 7.20. The Hall–Kier alpha value is -1.91. The van der Waals surface area contributed by atoms with Crippen LogP contribution in [0, 0.1) is 17.2 Å². The second-order valence-corrected chi connectivity index (χ2v) is 6.11. The van der Waals surface area contributed by atoms with Gasteiger partial charge in [-0.3, -0.25) is 9.59 Å². The van der Waals surface area contributed by atoms with Gasteiger partial charge >= 0.3 is 5.97 Å². The smallest absolute Gasteiger partial charge is 0.310 e. The Bertz CT molecular complexity index is 514. The van der Waals surface area contributed by atoms with Gasteiger partial charge < -0.3 is 10.4 Å². The lowest BCUT2D eigenvalue weighted by Crippen LogP contribution is -2.39. The standard InChI is InChI=1S/C16H22FNO3/c1-11(7-12-5-4-6-13(17)9-12)8-14(19)18-10-16(2,3)15(20)21/h4-6,9,11H,7-8,10H2,1-3H3,(H,18,19)(H,20,21). The maximum Gasteiger partial charge on any atom is 0.310 e. The summed E-state index contributed by atoms with van der Waals surface area (Å²) in [6, 6.07) is 6.31. The van der Waals surface area contributed by atoms with Crippen LogP contribution in [0.5, 0.6) is 0 Å². The molecule has 2 N–H and O–H groups in total. The van der Waals surface area contributed by atoms with Gasteiger partial charge in [0.25, 0.3) is 0 Å². The normalized spacial score (nSPS) is 12.8. The minimum Gasteiger partial charge on any atom is -0.481 e. The highest BCUT2D eigenvalue weighted by Gasteiger charge is 2.27. The molecule has 0 aromatic heterocycles. The van der Waals surface area contributed by atoms with Crippen LogP contribution in [0.15, 0.2) is 24.3 Å². The van der Waals surface area contributed by atoms with E-state index in [0.29, 0.717) is 6.42 Å². The van der Waals surface area contributed by atoms with Crippen LogP contribution in [0.4, 0.5) is 4.39 Å². The Morgan fingerprint density at radius 1 is 1.38 bits per heavy atom. The predicted molar refractivity (Wildman–Crippen MR) is 78.3 cm³/mol. The molecule has 1 aromatic carbocycles. The first-order valence-corrected chi connectivity index (χ1v) is 6.95. The molecule has 1 amide bonds. The average molecular weight is 295 g/mol. The summed E-state index contributed by atoms with van der Waals surface area (Å²) in [5.41, 5.74) is -0.136. The first-order valence-electron chi connectivity index (χ1n) is 6.95. The van der Waals surface area contributed by atoms with E-state index in [0.717, 1.165) is 5.56 Å². The second-order valence-electron chi connectivity index (χ2n) is 6.11. The number of aliphatic carboxylic acids is 1. The zero-order chi connectivity index (χ0) is 16.0. The van der Waals surface area contributed by atoms with E-state index in [-0.39, 0.29) is 30.6 Å². The number of hydrogen-bond acceptors (Lipinski definition) is 2. The van der Waals surface area contributed by atoms with Crippen LogP contribution in [0.2, 0.25) is 0 Å². The fraction of sp³-hybridized carbons (Fsp3) is 0.500. The van der Waals surface area contributed by atoms with Gasteiger partial charge in [-0.1, -0.05) is 19.1 Å². The Morgan fingerprint density at radius 3 is 2.62 bits per heavy atom. The Balaban J connectivity index is 2.42. The molecular weight excluding hydrogens is 273 g/mol. The molecule has 0 fully saturated rings. The van der Waals surface area contributed by atoms with Crippen molar-refractivity contribution >= 4 is 11.9 Å². The van der Waals surface area contributed by atoms with Crippen LogP contribution in [-0.4, -0.2) is 23.5 Å². The first-order chi connectivity index (χ1) is 9.70. The van der Waals surface area contributed by atoms with Gasteiger partial charge in [-0.2, -0.15) is 0 Å². The van der Waals surface area contributed by atoms with E-state index in [4.69, 9.17) is 5.11 Å². The van der Waals surface area contributed by atoms with Crippen molar-refractivity contribution in [3.05, 3.63) is 35.6 Å². The molecule has 4 nitrogen and oxygen atoms in total. The Labute approximate surface area is 124 Å². The third kappa shape index (κ3) is 5.94. The number of hydrogen-bond donors (Lipinski definition) is 2. The molecule has 5 heteroatoms. The lowest BCUT2D eigenvalue weighted by Gasteiger charge is -2.20. The van der Waals surface area contributed by atoms with Gasteiger partial charge in [-0.15, -0.1) is 0 Å². The van der Waals surface area contributed by atoms with Gasteiger partial charge in [0.1, 0.15) is 5.82 Å². The van der Waals surface area contributed by atoms with Crippen molar-refractivity contribution in [1.82, 2.24) is 5.32 Å². The van der Waals surface area contributed by atoms with Crippen LogP contribution in [-0.2, 0) is 16.0 Å². The molecule has 0 bridgehead atoms. The molecule has 0 spiro atoms. The highest BCUT2D eigenvalue weighted by Crippen LogP contribution is 2.15. The molecule has 1 aromatic rings. The summed E-state index contributed by atoms with van der Waals surface area (Å²) < 4.78 is 13.1. The number of amides is 1. The zero-order valence-electron chi connectivity index (χ0n) is 12.6.